The van der Waals surface area contributed by atoms with Crippen molar-refractivity contribution in [2.45, 2.75) is 51.0 Å². The van der Waals surface area contributed by atoms with Crippen LogP contribution in [0.25, 0.3) is 0 Å². The Labute approximate surface area is 175 Å². The normalized spacial score (nSPS) is 24.0. The summed E-state index contributed by atoms with van der Waals surface area (Å²) in [6.07, 6.45) is 6.52. The van der Waals surface area contributed by atoms with Crippen LogP contribution in [0.1, 0.15) is 56.6 Å². The van der Waals surface area contributed by atoms with Crippen LogP contribution in [0.3, 0.4) is 0 Å². The van der Waals surface area contributed by atoms with Crippen molar-refractivity contribution in [3.05, 3.63) is 34.4 Å². The number of hydrogen-bond donors (Lipinski definition) is 2. The lowest BCUT2D eigenvalue weighted by Crippen LogP contribution is -2.37. The van der Waals surface area contributed by atoms with Crippen LogP contribution in [0.15, 0.2) is 12.1 Å². The molecule has 0 aliphatic heterocycles. The molecule has 2 aliphatic rings. The van der Waals surface area contributed by atoms with Crippen LogP contribution in [-0.4, -0.2) is 27.1 Å². The van der Waals surface area contributed by atoms with Crippen molar-refractivity contribution in [1.29, 1.82) is 0 Å². The minimum atomic E-state index is -3.28. The van der Waals surface area contributed by atoms with Gasteiger partial charge in [-0.1, -0.05) is 24.4 Å². The summed E-state index contributed by atoms with van der Waals surface area (Å²) in [5, 5.41) is 2.74. The van der Waals surface area contributed by atoms with E-state index in [0.29, 0.717) is 19.4 Å². The molecule has 5 nitrogen and oxygen atoms in total. The third-order valence-electron chi connectivity index (χ3n) is 6.11. The molecule has 2 fully saturated rings. The van der Waals surface area contributed by atoms with Crippen molar-refractivity contribution in [2.75, 3.05) is 12.8 Å². The molecular formula is C20H27ClF2N2O3S. The highest BCUT2D eigenvalue weighted by Crippen LogP contribution is 2.40. The first kappa shape index (κ1) is 22.4. The molecule has 1 aromatic carbocycles. The zero-order chi connectivity index (χ0) is 21.2. The number of benzene rings is 1. The molecule has 0 aromatic heterocycles. The van der Waals surface area contributed by atoms with E-state index in [0.717, 1.165) is 44.4 Å². The summed E-state index contributed by atoms with van der Waals surface area (Å²) < 4.78 is 54.2. The highest BCUT2D eigenvalue weighted by molar-refractivity contribution is 7.88. The topological polar surface area (TPSA) is 75.3 Å². The van der Waals surface area contributed by atoms with Crippen molar-refractivity contribution < 1.29 is 22.0 Å². The Morgan fingerprint density at radius 1 is 1.21 bits per heavy atom. The van der Waals surface area contributed by atoms with Crippen LogP contribution in [0.2, 0.25) is 5.02 Å². The number of nitrogens with one attached hydrogen (secondary N) is 2. The second-order valence-corrected chi connectivity index (χ2v) is 10.5. The van der Waals surface area contributed by atoms with Gasteiger partial charge in [-0.15, -0.1) is 0 Å². The SMILES string of the molecule is CS(=O)(=O)NCC1CCC(C(=O)N[C@H](c2c(F)ccc(Cl)c2F)C2CCCC2)C1. The number of sulfonamides is 1. The van der Waals surface area contributed by atoms with E-state index < -0.39 is 27.7 Å². The summed E-state index contributed by atoms with van der Waals surface area (Å²) in [5.41, 5.74) is -0.161. The Bertz CT molecular complexity index is 860. The van der Waals surface area contributed by atoms with Crippen LogP contribution in [0.4, 0.5) is 8.78 Å². The van der Waals surface area contributed by atoms with E-state index in [-0.39, 0.29) is 34.2 Å². The van der Waals surface area contributed by atoms with Crippen molar-refractivity contribution in [2.24, 2.45) is 17.8 Å². The first-order valence-corrected chi connectivity index (χ1v) is 12.3. The molecule has 2 saturated carbocycles. The second kappa shape index (κ2) is 9.27. The maximum absolute atomic E-state index is 14.7. The van der Waals surface area contributed by atoms with Gasteiger partial charge >= 0.3 is 0 Å². The van der Waals surface area contributed by atoms with Crippen molar-refractivity contribution in [3.8, 4) is 0 Å². The summed E-state index contributed by atoms with van der Waals surface area (Å²) in [6, 6.07) is 1.56. The zero-order valence-electron chi connectivity index (χ0n) is 16.4. The summed E-state index contributed by atoms with van der Waals surface area (Å²) >= 11 is 5.88. The van der Waals surface area contributed by atoms with Crippen molar-refractivity contribution in [3.63, 3.8) is 0 Å². The van der Waals surface area contributed by atoms with E-state index in [1.807, 2.05) is 0 Å². The fraction of sp³-hybridized carbons (Fsp3) is 0.650. The van der Waals surface area contributed by atoms with E-state index >= 15 is 0 Å². The third-order valence-corrected chi connectivity index (χ3v) is 7.09. The molecule has 0 radical (unpaired) electrons. The molecule has 1 aromatic rings. The van der Waals surface area contributed by atoms with E-state index in [1.165, 1.54) is 6.07 Å². The standard InChI is InChI=1S/C20H27ClF2N2O3S/c1-29(27,28)24-11-12-6-7-14(10-12)20(26)25-19(13-4-2-3-5-13)17-16(22)9-8-15(21)18(17)23/h8-9,12-14,19,24H,2-7,10-11H2,1H3,(H,25,26)/t12?,14?,19-/m0/s1. The van der Waals surface area contributed by atoms with Crippen molar-refractivity contribution >= 4 is 27.5 Å². The number of carbonyl (C=O) groups excluding carboxylic acids is 1. The van der Waals surface area contributed by atoms with Gasteiger partial charge in [-0.3, -0.25) is 4.79 Å². The highest BCUT2D eigenvalue weighted by Gasteiger charge is 2.36. The smallest absolute Gasteiger partial charge is 0.223 e. The number of amides is 1. The fourth-order valence-electron chi connectivity index (χ4n) is 4.58. The van der Waals surface area contributed by atoms with Gasteiger partial charge in [0.25, 0.3) is 0 Å². The molecule has 0 spiro atoms. The average molecular weight is 449 g/mol. The Balaban J connectivity index is 1.72. The maximum Gasteiger partial charge on any atom is 0.223 e. The number of carbonyl (C=O) groups is 1. The molecule has 0 heterocycles. The average Bonchev–Trinajstić information content (AvgIpc) is 3.33. The molecule has 29 heavy (non-hydrogen) atoms. The summed E-state index contributed by atoms with van der Waals surface area (Å²) in [4.78, 5) is 12.9. The van der Waals surface area contributed by atoms with Crippen molar-refractivity contribution in [1.82, 2.24) is 10.0 Å². The quantitative estimate of drug-likeness (QED) is 0.620. The minimum Gasteiger partial charge on any atom is -0.349 e. The van der Waals surface area contributed by atoms with Gasteiger partial charge in [-0.2, -0.15) is 0 Å². The highest BCUT2D eigenvalue weighted by atomic mass is 35.5. The number of hydrogen-bond acceptors (Lipinski definition) is 3. The predicted octanol–water partition coefficient (Wildman–Crippen LogP) is 3.93. The molecule has 2 aliphatic carbocycles. The van der Waals surface area contributed by atoms with E-state index in [4.69, 9.17) is 11.6 Å². The predicted molar refractivity (Wildman–Crippen MR) is 108 cm³/mol. The lowest BCUT2D eigenvalue weighted by molar-refractivity contribution is -0.126. The molecular weight excluding hydrogens is 422 g/mol. The Hall–Kier alpha value is -1.25. The maximum atomic E-state index is 14.7. The molecule has 1 amide bonds. The first-order chi connectivity index (χ1) is 13.7. The molecule has 3 atom stereocenters. The van der Waals surface area contributed by atoms with Gasteiger partial charge in [0.2, 0.25) is 15.9 Å². The Morgan fingerprint density at radius 2 is 1.90 bits per heavy atom. The first-order valence-electron chi connectivity index (χ1n) is 10.0. The molecule has 2 N–H and O–H groups in total. The van der Waals surface area contributed by atoms with Crippen LogP contribution in [0, 0.1) is 29.4 Å². The van der Waals surface area contributed by atoms with Gasteiger partial charge in [-0.05, 0) is 56.1 Å². The summed E-state index contributed by atoms with van der Waals surface area (Å²) in [6.45, 7) is 0.298. The molecule has 9 heteroatoms. The minimum absolute atomic E-state index is 0.0366. The largest absolute Gasteiger partial charge is 0.349 e. The van der Waals surface area contributed by atoms with Crippen LogP contribution < -0.4 is 10.0 Å². The second-order valence-electron chi connectivity index (χ2n) is 8.28. The van der Waals surface area contributed by atoms with E-state index in [9.17, 15) is 22.0 Å². The fourth-order valence-corrected chi connectivity index (χ4v) is 5.29. The Kier molecular flexibility index (Phi) is 7.17. The monoisotopic (exact) mass is 448 g/mol. The van der Waals surface area contributed by atoms with Gasteiger partial charge < -0.3 is 5.32 Å². The van der Waals surface area contributed by atoms with Gasteiger partial charge in [0.15, 0.2) is 0 Å². The lowest BCUT2D eigenvalue weighted by atomic mass is 9.90. The number of rotatable bonds is 7. The molecule has 0 saturated heterocycles. The van der Waals surface area contributed by atoms with Gasteiger partial charge in [0.05, 0.1) is 17.3 Å². The van der Waals surface area contributed by atoms with Gasteiger partial charge in [-0.25, -0.2) is 21.9 Å². The van der Waals surface area contributed by atoms with Gasteiger partial charge in [0.1, 0.15) is 11.6 Å². The van der Waals surface area contributed by atoms with E-state index in [2.05, 4.69) is 10.0 Å². The summed E-state index contributed by atoms with van der Waals surface area (Å²) in [7, 11) is -3.28. The molecule has 3 rings (SSSR count). The molecule has 162 valence electrons. The molecule has 0 bridgehead atoms. The summed E-state index contributed by atoms with van der Waals surface area (Å²) in [5.74, 6) is -2.01. The van der Waals surface area contributed by atoms with Crippen LogP contribution >= 0.6 is 11.6 Å². The Morgan fingerprint density at radius 3 is 2.55 bits per heavy atom. The van der Waals surface area contributed by atoms with Gasteiger partial charge in [0, 0.05) is 18.0 Å². The van der Waals surface area contributed by atoms with Crippen LogP contribution in [0.5, 0.6) is 0 Å². The van der Waals surface area contributed by atoms with Crippen LogP contribution in [-0.2, 0) is 14.8 Å². The zero-order valence-corrected chi connectivity index (χ0v) is 18.0. The molecule has 2 unspecified atom stereocenters. The lowest BCUT2D eigenvalue weighted by Gasteiger charge is -2.27. The third kappa shape index (κ3) is 5.67. The van der Waals surface area contributed by atoms with E-state index in [1.54, 1.807) is 0 Å². The number of halogens is 3.